The van der Waals surface area contributed by atoms with E-state index in [0.29, 0.717) is 6.07 Å². The van der Waals surface area contributed by atoms with Gasteiger partial charge in [-0.1, -0.05) is 30.3 Å². The van der Waals surface area contributed by atoms with Gasteiger partial charge < -0.3 is 10.2 Å². The quantitative estimate of drug-likeness (QED) is 0.881. The van der Waals surface area contributed by atoms with Crippen LogP contribution in [0.15, 0.2) is 36.4 Å². The lowest BCUT2D eigenvalue weighted by Gasteiger charge is -2.34. The number of nitrogens with one attached hydrogen (secondary N) is 2. The first-order valence-electron chi connectivity index (χ1n) is 7.61. The number of hydrogen-bond acceptors (Lipinski definition) is 3. The Hall–Kier alpha value is -2.84. The number of carbonyl (C=O) groups is 2. The molecule has 2 aromatic rings. The first-order chi connectivity index (χ1) is 11.9. The summed E-state index contributed by atoms with van der Waals surface area (Å²) in [6.45, 7) is 0.447. The van der Waals surface area contributed by atoms with Crippen LogP contribution < -0.4 is 5.32 Å². The monoisotopic (exact) mass is 352 g/mol. The fourth-order valence-electron chi connectivity index (χ4n) is 2.72. The van der Waals surface area contributed by atoms with Gasteiger partial charge in [0.05, 0.1) is 0 Å². The summed E-state index contributed by atoms with van der Waals surface area (Å²) in [6, 6.07) is 8.96. The summed E-state index contributed by atoms with van der Waals surface area (Å²) in [7, 11) is 0. The van der Waals surface area contributed by atoms with Crippen molar-refractivity contribution < 1.29 is 22.8 Å². The normalized spacial score (nSPS) is 18.1. The summed E-state index contributed by atoms with van der Waals surface area (Å²) in [5.74, 6) is -1.04. The van der Waals surface area contributed by atoms with Crippen molar-refractivity contribution in [2.45, 2.75) is 18.6 Å². The van der Waals surface area contributed by atoms with Crippen LogP contribution in [0.1, 0.15) is 21.7 Å². The summed E-state index contributed by atoms with van der Waals surface area (Å²) in [6.07, 6.45) is -4.34. The Kier molecular flexibility index (Phi) is 4.47. The maximum absolute atomic E-state index is 12.7. The molecule has 0 saturated carbocycles. The second-order valence-electron chi connectivity index (χ2n) is 5.66. The molecule has 0 radical (unpaired) electrons. The molecule has 1 aromatic carbocycles. The molecule has 1 aliphatic heterocycles. The third-order valence-electron chi connectivity index (χ3n) is 3.97. The molecule has 9 heteroatoms. The zero-order chi connectivity index (χ0) is 18.0. The molecule has 0 bridgehead atoms. The number of piperazine rings is 1. The molecule has 2 heterocycles. The molecule has 1 fully saturated rings. The van der Waals surface area contributed by atoms with Crippen LogP contribution >= 0.6 is 0 Å². The number of carbonyl (C=O) groups excluding carboxylic acids is 2. The zero-order valence-electron chi connectivity index (χ0n) is 13.0. The predicted octanol–water partition coefficient (Wildman–Crippen LogP) is 1.61. The molecule has 0 aliphatic carbocycles. The highest BCUT2D eigenvalue weighted by molar-refractivity contribution is 5.97. The van der Waals surface area contributed by atoms with Crippen LogP contribution in [0, 0.1) is 0 Å². The van der Waals surface area contributed by atoms with E-state index < -0.39 is 23.8 Å². The topological polar surface area (TPSA) is 78.1 Å². The van der Waals surface area contributed by atoms with Crippen molar-refractivity contribution >= 4 is 11.8 Å². The van der Waals surface area contributed by atoms with E-state index in [9.17, 15) is 22.8 Å². The highest BCUT2D eigenvalue weighted by Gasteiger charge is 2.37. The third kappa shape index (κ3) is 3.65. The molecule has 0 unspecified atom stereocenters. The van der Waals surface area contributed by atoms with Crippen molar-refractivity contribution in [2.75, 3.05) is 13.1 Å². The van der Waals surface area contributed by atoms with Crippen molar-refractivity contribution in [3.63, 3.8) is 0 Å². The van der Waals surface area contributed by atoms with Crippen LogP contribution in [-0.4, -0.2) is 46.0 Å². The number of rotatable bonds is 3. The number of benzene rings is 1. The minimum Gasteiger partial charge on any atom is -0.353 e. The van der Waals surface area contributed by atoms with Crippen LogP contribution in [-0.2, 0) is 17.4 Å². The molecule has 1 aliphatic rings. The summed E-state index contributed by atoms with van der Waals surface area (Å²) in [5, 5.41) is 7.95. The number of aromatic amines is 1. The molecular weight excluding hydrogens is 337 g/mol. The Bertz CT molecular complexity index is 773. The number of H-pyrrole nitrogens is 1. The van der Waals surface area contributed by atoms with Crippen molar-refractivity contribution in [3.8, 4) is 0 Å². The van der Waals surface area contributed by atoms with Crippen LogP contribution in [0.25, 0.3) is 0 Å². The van der Waals surface area contributed by atoms with E-state index in [1.54, 1.807) is 0 Å². The lowest BCUT2D eigenvalue weighted by atomic mass is 10.0. The Morgan fingerprint density at radius 3 is 2.64 bits per heavy atom. The smallest absolute Gasteiger partial charge is 0.353 e. The molecule has 25 heavy (non-hydrogen) atoms. The molecule has 132 valence electrons. The summed E-state index contributed by atoms with van der Waals surface area (Å²) < 4.78 is 38.0. The highest BCUT2D eigenvalue weighted by atomic mass is 19.4. The number of alkyl halides is 3. The summed E-state index contributed by atoms with van der Waals surface area (Å²) >= 11 is 0. The Balaban J connectivity index is 1.83. The molecule has 2 N–H and O–H groups in total. The van der Waals surface area contributed by atoms with E-state index in [0.717, 1.165) is 5.56 Å². The molecule has 1 saturated heterocycles. The van der Waals surface area contributed by atoms with Crippen LogP contribution in [0.4, 0.5) is 13.2 Å². The number of nitrogens with zero attached hydrogens (tertiary/aromatic N) is 2. The van der Waals surface area contributed by atoms with Crippen LogP contribution in [0.5, 0.6) is 0 Å². The van der Waals surface area contributed by atoms with Crippen LogP contribution in [0.2, 0.25) is 0 Å². The molecule has 3 rings (SSSR count). The number of amides is 2. The Morgan fingerprint density at radius 1 is 1.28 bits per heavy atom. The number of halogens is 3. The average Bonchev–Trinajstić information content (AvgIpc) is 3.07. The van der Waals surface area contributed by atoms with Gasteiger partial charge in [0.1, 0.15) is 11.7 Å². The van der Waals surface area contributed by atoms with Crippen molar-refractivity contribution in [1.29, 1.82) is 0 Å². The van der Waals surface area contributed by atoms with E-state index in [4.69, 9.17) is 0 Å². The van der Waals surface area contributed by atoms with Gasteiger partial charge in [-0.05, 0) is 5.56 Å². The zero-order valence-corrected chi connectivity index (χ0v) is 13.0. The first-order valence-corrected chi connectivity index (χ1v) is 7.61. The Morgan fingerprint density at radius 2 is 2.00 bits per heavy atom. The fraction of sp³-hybridized carbons (Fsp3) is 0.312. The van der Waals surface area contributed by atoms with Gasteiger partial charge in [-0.3, -0.25) is 14.7 Å². The van der Waals surface area contributed by atoms with Gasteiger partial charge in [-0.25, -0.2) is 0 Å². The highest BCUT2D eigenvalue weighted by Crippen LogP contribution is 2.28. The van der Waals surface area contributed by atoms with E-state index in [-0.39, 0.29) is 31.1 Å². The standard InChI is InChI=1S/C16H15F3N4O2/c17-16(18,19)13-9-11(21-22-13)15(25)23-7-6-20-14(24)12(23)8-10-4-2-1-3-5-10/h1-5,9,12H,6-8H2,(H,20,24)(H,21,22)/t12-/m1/s1. The molecular formula is C16H15F3N4O2. The summed E-state index contributed by atoms with van der Waals surface area (Å²) in [4.78, 5) is 26.0. The van der Waals surface area contributed by atoms with Gasteiger partial charge in [0.15, 0.2) is 5.69 Å². The molecule has 1 atom stereocenters. The predicted molar refractivity (Wildman–Crippen MR) is 81.6 cm³/mol. The van der Waals surface area contributed by atoms with Crippen molar-refractivity contribution in [2.24, 2.45) is 0 Å². The van der Waals surface area contributed by atoms with Gasteiger partial charge in [0.2, 0.25) is 5.91 Å². The first kappa shape index (κ1) is 17.0. The summed E-state index contributed by atoms with van der Waals surface area (Å²) in [5.41, 5.74) is -0.614. The van der Waals surface area contributed by atoms with E-state index >= 15 is 0 Å². The van der Waals surface area contributed by atoms with Gasteiger partial charge in [0, 0.05) is 25.6 Å². The average molecular weight is 352 g/mol. The second-order valence-corrected chi connectivity index (χ2v) is 5.66. The van der Waals surface area contributed by atoms with Gasteiger partial charge in [-0.2, -0.15) is 18.3 Å². The molecule has 2 amide bonds. The van der Waals surface area contributed by atoms with Gasteiger partial charge >= 0.3 is 6.18 Å². The fourth-order valence-corrected chi connectivity index (χ4v) is 2.72. The number of aromatic nitrogens is 2. The molecule has 0 spiro atoms. The second kappa shape index (κ2) is 6.58. The lowest BCUT2D eigenvalue weighted by molar-refractivity contribution is -0.141. The van der Waals surface area contributed by atoms with Gasteiger partial charge in [0.25, 0.3) is 5.91 Å². The maximum atomic E-state index is 12.7. The Labute approximate surface area is 141 Å². The third-order valence-corrected chi connectivity index (χ3v) is 3.97. The maximum Gasteiger partial charge on any atom is 0.432 e. The largest absolute Gasteiger partial charge is 0.432 e. The van der Waals surface area contributed by atoms with Crippen LogP contribution in [0.3, 0.4) is 0 Å². The minimum absolute atomic E-state index is 0.205. The number of hydrogen-bond donors (Lipinski definition) is 2. The minimum atomic E-state index is -4.62. The molecule has 6 nitrogen and oxygen atoms in total. The SMILES string of the molecule is O=C1NCCN(C(=O)c2cc(C(F)(F)F)[nH]n2)[C@@H]1Cc1ccccc1. The van der Waals surface area contributed by atoms with E-state index in [2.05, 4.69) is 10.4 Å². The molecule has 1 aromatic heterocycles. The van der Waals surface area contributed by atoms with Crippen molar-refractivity contribution in [3.05, 3.63) is 53.3 Å². The van der Waals surface area contributed by atoms with Gasteiger partial charge in [-0.15, -0.1) is 0 Å². The lowest BCUT2D eigenvalue weighted by Crippen LogP contribution is -2.58. The van der Waals surface area contributed by atoms with E-state index in [1.165, 1.54) is 4.90 Å². The van der Waals surface area contributed by atoms with Crippen molar-refractivity contribution in [1.82, 2.24) is 20.4 Å². The van der Waals surface area contributed by atoms with E-state index in [1.807, 2.05) is 35.4 Å².